The summed E-state index contributed by atoms with van der Waals surface area (Å²) in [5.74, 6) is 0.162. The minimum Gasteiger partial charge on any atom is -0.495 e. The molecule has 0 unspecified atom stereocenters. The Morgan fingerprint density at radius 1 is 1.12 bits per heavy atom. The van der Waals surface area contributed by atoms with E-state index < -0.39 is 5.91 Å². The Bertz CT molecular complexity index is 820. The molecule has 24 heavy (non-hydrogen) atoms. The fourth-order valence-electron chi connectivity index (χ4n) is 2.14. The van der Waals surface area contributed by atoms with Crippen LogP contribution in [0.2, 0.25) is 0 Å². The van der Waals surface area contributed by atoms with E-state index in [2.05, 4.69) is 10.6 Å². The van der Waals surface area contributed by atoms with Gasteiger partial charge in [-0.1, -0.05) is 24.3 Å². The van der Waals surface area contributed by atoms with Crippen molar-refractivity contribution in [2.24, 2.45) is 0 Å². The topological polar surface area (TPSA) is 74.1 Å². The number of nitriles is 1. The summed E-state index contributed by atoms with van der Waals surface area (Å²) < 4.78 is 5.22. The van der Waals surface area contributed by atoms with Crippen LogP contribution in [-0.2, 0) is 4.79 Å². The molecule has 0 bridgehead atoms. The van der Waals surface area contributed by atoms with Crippen LogP contribution in [0.5, 0.6) is 5.75 Å². The van der Waals surface area contributed by atoms with Gasteiger partial charge in [0.05, 0.1) is 12.8 Å². The SMILES string of the molecule is COc1ccccc1N/C=C(/C#N)C(=O)Nc1cccc(C)c1C. The van der Waals surface area contributed by atoms with Crippen LogP contribution in [0.25, 0.3) is 0 Å². The summed E-state index contributed by atoms with van der Waals surface area (Å²) >= 11 is 0. The van der Waals surface area contributed by atoms with Crippen molar-refractivity contribution in [2.45, 2.75) is 13.8 Å². The fourth-order valence-corrected chi connectivity index (χ4v) is 2.14. The van der Waals surface area contributed by atoms with E-state index in [1.165, 1.54) is 6.20 Å². The number of anilines is 2. The second kappa shape index (κ2) is 7.84. The number of carbonyl (C=O) groups excluding carboxylic acids is 1. The highest BCUT2D eigenvalue weighted by Gasteiger charge is 2.11. The van der Waals surface area contributed by atoms with Gasteiger partial charge in [0.1, 0.15) is 17.4 Å². The van der Waals surface area contributed by atoms with Crippen LogP contribution in [0.3, 0.4) is 0 Å². The second-order valence-corrected chi connectivity index (χ2v) is 5.22. The Hall–Kier alpha value is -3.26. The lowest BCUT2D eigenvalue weighted by Gasteiger charge is -2.10. The first-order valence-electron chi connectivity index (χ1n) is 7.44. The molecular weight excluding hydrogens is 302 g/mol. The first-order chi connectivity index (χ1) is 11.6. The smallest absolute Gasteiger partial charge is 0.267 e. The number of rotatable bonds is 5. The van der Waals surface area contributed by atoms with Crippen molar-refractivity contribution >= 4 is 17.3 Å². The molecule has 2 aromatic carbocycles. The average molecular weight is 321 g/mol. The predicted octanol–water partition coefficient (Wildman–Crippen LogP) is 3.77. The Labute approximate surface area is 141 Å². The number of amides is 1. The van der Waals surface area contributed by atoms with Crippen molar-refractivity contribution in [1.29, 1.82) is 5.26 Å². The van der Waals surface area contributed by atoms with Crippen molar-refractivity contribution in [3.63, 3.8) is 0 Å². The molecule has 0 heterocycles. The highest BCUT2D eigenvalue weighted by Crippen LogP contribution is 2.23. The van der Waals surface area contributed by atoms with Gasteiger partial charge >= 0.3 is 0 Å². The third-order valence-electron chi connectivity index (χ3n) is 3.70. The molecule has 2 aromatic rings. The summed E-state index contributed by atoms with van der Waals surface area (Å²) in [6, 6.07) is 14.8. The first-order valence-corrected chi connectivity index (χ1v) is 7.44. The lowest BCUT2D eigenvalue weighted by atomic mass is 10.1. The van der Waals surface area contributed by atoms with Crippen molar-refractivity contribution in [3.8, 4) is 11.8 Å². The predicted molar refractivity (Wildman–Crippen MR) is 94.9 cm³/mol. The standard InChI is InChI=1S/C19H19N3O2/c1-13-7-6-9-16(14(13)2)22-19(23)15(11-20)12-21-17-8-4-5-10-18(17)24-3/h4-10,12,21H,1-3H3,(H,22,23)/b15-12-. The number of carbonyl (C=O) groups is 1. The number of methoxy groups -OCH3 is 1. The minimum atomic E-state index is -0.464. The van der Waals surface area contributed by atoms with Crippen LogP contribution in [0.4, 0.5) is 11.4 Å². The van der Waals surface area contributed by atoms with Gasteiger partial charge in [-0.3, -0.25) is 4.79 Å². The molecule has 0 radical (unpaired) electrons. The van der Waals surface area contributed by atoms with Crippen LogP contribution in [0, 0.1) is 25.2 Å². The van der Waals surface area contributed by atoms with E-state index in [0.29, 0.717) is 17.1 Å². The summed E-state index contributed by atoms with van der Waals surface area (Å²) in [5, 5.41) is 15.0. The van der Waals surface area contributed by atoms with Gasteiger partial charge < -0.3 is 15.4 Å². The van der Waals surface area contributed by atoms with Crippen molar-refractivity contribution in [1.82, 2.24) is 0 Å². The number of para-hydroxylation sites is 2. The summed E-state index contributed by atoms with van der Waals surface area (Å²) in [6.07, 6.45) is 1.37. The number of nitrogens with zero attached hydrogens (tertiary/aromatic N) is 1. The van der Waals surface area contributed by atoms with E-state index in [-0.39, 0.29) is 5.57 Å². The zero-order valence-electron chi connectivity index (χ0n) is 13.9. The minimum absolute atomic E-state index is 0.0261. The third kappa shape index (κ3) is 3.93. The first kappa shape index (κ1) is 17.1. The zero-order valence-corrected chi connectivity index (χ0v) is 13.9. The fraction of sp³-hybridized carbons (Fsp3) is 0.158. The Balaban J connectivity index is 2.17. The van der Waals surface area contributed by atoms with Gasteiger partial charge in [-0.2, -0.15) is 5.26 Å². The molecule has 0 fully saturated rings. The molecule has 0 spiro atoms. The van der Waals surface area contributed by atoms with Crippen LogP contribution in [0.15, 0.2) is 54.2 Å². The maximum atomic E-state index is 12.3. The van der Waals surface area contributed by atoms with Gasteiger partial charge in [-0.15, -0.1) is 0 Å². The normalized spacial score (nSPS) is 10.7. The summed E-state index contributed by atoms with van der Waals surface area (Å²) in [7, 11) is 1.56. The number of aryl methyl sites for hydroxylation is 1. The van der Waals surface area contributed by atoms with Gasteiger partial charge in [-0.25, -0.2) is 0 Å². The number of hydrogen-bond donors (Lipinski definition) is 2. The van der Waals surface area contributed by atoms with E-state index in [9.17, 15) is 10.1 Å². The largest absolute Gasteiger partial charge is 0.495 e. The van der Waals surface area contributed by atoms with Gasteiger partial charge in [0.15, 0.2) is 0 Å². The van der Waals surface area contributed by atoms with Gasteiger partial charge in [0.2, 0.25) is 0 Å². The molecule has 0 saturated heterocycles. The van der Waals surface area contributed by atoms with E-state index in [4.69, 9.17) is 4.74 Å². The third-order valence-corrected chi connectivity index (χ3v) is 3.70. The molecule has 0 aliphatic rings. The molecule has 2 N–H and O–H groups in total. The molecular formula is C19H19N3O2. The number of benzene rings is 2. The van der Waals surface area contributed by atoms with Crippen molar-refractivity contribution < 1.29 is 9.53 Å². The van der Waals surface area contributed by atoms with Crippen molar-refractivity contribution in [3.05, 3.63) is 65.4 Å². The maximum absolute atomic E-state index is 12.3. The summed E-state index contributed by atoms with van der Waals surface area (Å²) in [6.45, 7) is 3.89. The molecule has 1 amide bonds. The van der Waals surface area contributed by atoms with E-state index in [1.54, 1.807) is 19.2 Å². The number of ether oxygens (including phenoxy) is 1. The highest BCUT2D eigenvalue weighted by molar-refractivity contribution is 6.07. The second-order valence-electron chi connectivity index (χ2n) is 5.22. The monoisotopic (exact) mass is 321 g/mol. The number of hydrogen-bond acceptors (Lipinski definition) is 4. The van der Waals surface area contributed by atoms with Crippen LogP contribution >= 0.6 is 0 Å². The zero-order chi connectivity index (χ0) is 17.5. The van der Waals surface area contributed by atoms with Crippen molar-refractivity contribution in [2.75, 3.05) is 17.7 Å². The molecule has 0 aliphatic heterocycles. The Morgan fingerprint density at radius 2 is 1.83 bits per heavy atom. The van der Waals surface area contributed by atoms with E-state index in [1.807, 2.05) is 50.2 Å². The Kier molecular flexibility index (Phi) is 5.58. The van der Waals surface area contributed by atoms with Gasteiger partial charge in [0, 0.05) is 11.9 Å². The quantitative estimate of drug-likeness (QED) is 0.649. The van der Waals surface area contributed by atoms with Crippen LogP contribution < -0.4 is 15.4 Å². The maximum Gasteiger partial charge on any atom is 0.267 e. The number of nitrogens with one attached hydrogen (secondary N) is 2. The molecule has 0 atom stereocenters. The van der Waals surface area contributed by atoms with Gasteiger partial charge in [0.25, 0.3) is 5.91 Å². The molecule has 5 nitrogen and oxygen atoms in total. The Morgan fingerprint density at radius 3 is 2.54 bits per heavy atom. The molecule has 5 heteroatoms. The van der Waals surface area contributed by atoms with E-state index >= 15 is 0 Å². The average Bonchev–Trinajstić information content (AvgIpc) is 2.60. The molecule has 0 aliphatic carbocycles. The summed E-state index contributed by atoms with van der Waals surface area (Å²) in [5.41, 5.74) is 3.39. The summed E-state index contributed by atoms with van der Waals surface area (Å²) in [4.78, 5) is 12.3. The van der Waals surface area contributed by atoms with Crippen LogP contribution in [-0.4, -0.2) is 13.0 Å². The molecule has 0 saturated carbocycles. The molecule has 122 valence electrons. The molecule has 2 rings (SSSR count). The lowest BCUT2D eigenvalue weighted by molar-refractivity contribution is -0.112. The highest BCUT2D eigenvalue weighted by atomic mass is 16.5. The lowest BCUT2D eigenvalue weighted by Crippen LogP contribution is -2.15. The molecule has 0 aromatic heterocycles. The van der Waals surface area contributed by atoms with E-state index in [0.717, 1.165) is 11.1 Å². The van der Waals surface area contributed by atoms with Gasteiger partial charge in [-0.05, 0) is 43.2 Å². The van der Waals surface area contributed by atoms with Crippen LogP contribution in [0.1, 0.15) is 11.1 Å².